The number of aliphatic carboxylic acids is 1. The van der Waals surface area contributed by atoms with Gasteiger partial charge in [0.2, 0.25) is 11.8 Å². The molecule has 1 aromatic rings. The maximum Gasteiger partial charge on any atom is 0.303 e. The summed E-state index contributed by atoms with van der Waals surface area (Å²) in [6, 6.07) is 0. The first-order chi connectivity index (χ1) is 7.09. The zero-order valence-corrected chi connectivity index (χ0v) is 7.86. The highest BCUT2D eigenvalue weighted by atomic mass is 16.4. The largest absolute Gasteiger partial charge is 0.481 e. The molecular formula is C7H11N5O3. The third-order valence-corrected chi connectivity index (χ3v) is 1.57. The van der Waals surface area contributed by atoms with Crippen molar-refractivity contribution in [2.75, 3.05) is 12.3 Å². The van der Waals surface area contributed by atoms with Gasteiger partial charge in [-0.05, 0) is 6.42 Å². The normalized spacial score (nSPS) is 9.87. The topological polar surface area (TPSA) is 134 Å². The molecule has 0 radical (unpaired) electrons. The Labute approximate surface area is 84.9 Å². The summed E-state index contributed by atoms with van der Waals surface area (Å²) in [6.45, 7) is 0.270. The number of carboxylic acids is 1. The Hall–Kier alpha value is -2.12. The number of nitrogens with zero attached hydrogens (tertiary/aromatic N) is 2. The number of aromatic nitrogens is 3. The van der Waals surface area contributed by atoms with E-state index in [1.165, 1.54) is 0 Å². The Morgan fingerprint density at radius 3 is 2.80 bits per heavy atom. The molecule has 0 unspecified atom stereocenters. The van der Waals surface area contributed by atoms with E-state index in [0.717, 1.165) is 0 Å². The van der Waals surface area contributed by atoms with Crippen LogP contribution in [0.25, 0.3) is 0 Å². The van der Waals surface area contributed by atoms with E-state index < -0.39 is 11.9 Å². The van der Waals surface area contributed by atoms with E-state index in [1.54, 1.807) is 0 Å². The minimum atomic E-state index is -0.895. The molecule has 0 aliphatic heterocycles. The molecule has 0 aliphatic carbocycles. The number of carbonyl (C=O) groups is 2. The third kappa shape index (κ3) is 3.63. The Morgan fingerprint density at radius 2 is 2.27 bits per heavy atom. The number of nitrogens with two attached hydrogens (primary N) is 1. The van der Waals surface area contributed by atoms with Crippen LogP contribution in [0.1, 0.15) is 23.5 Å². The summed E-state index contributed by atoms with van der Waals surface area (Å²) in [5.74, 6) is -1.34. The van der Waals surface area contributed by atoms with Crippen molar-refractivity contribution in [3.63, 3.8) is 0 Å². The van der Waals surface area contributed by atoms with Gasteiger partial charge in [-0.15, -0.1) is 5.10 Å². The molecule has 5 N–H and O–H groups in total. The molecule has 0 atom stereocenters. The SMILES string of the molecule is Nc1n[nH]c(C(=O)NCCCC(=O)O)n1. The van der Waals surface area contributed by atoms with E-state index in [4.69, 9.17) is 10.8 Å². The van der Waals surface area contributed by atoms with Crippen LogP contribution in [0.4, 0.5) is 5.95 Å². The third-order valence-electron chi connectivity index (χ3n) is 1.57. The van der Waals surface area contributed by atoms with Crippen LogP contribution in [-0.4, -0.2) is 38.7 Å². The number of anilines is 1. The number of aromatic amines is 1. The molecule has 0 aliphatic rings. The van der Waals surface area contributed by atoms with E-state index >= 15 is 0 Å². The van der Waals surface area contributed by atoms with Gasteiger partial charge in [0.15, 0.2) is 0 Å². The fourth-order valence-corrected chi connectivity index (χ4v) is 0.902. The summed E-state index contributed by atoms with van der Waals surface area (Å²) in [7, 11) is 0. The molecule has 15 heavy (non-hydrogen) atoms. The van der Waals surface area contributed by atoms with Gasteiger partial charge in [0, 0.05) is 13.0 Å². The first kappa shape index (κ1) is 11.0. The van der Waals surface area contributed by atoms with Crippen LogP contribution >= 0.6 is 0 Å². The van der Waals surface area contributed by atoms with E-state index in [9.17, 15) is 9.59 Å². The maximum absolute atomic E-state index is 11.3. The molecule has 1 amide bonds. The fourth-order valence-electron chi connectivity index (χ4n) is 0.902. The molecule has 0 aromatic carbocycles. The minimum absolute atomic E-state index is 0.00862. The highest BCUT2D eigenvalue weighted by Crippen LogP contribution is 1.93. The van der Waals surface area contributed by atoms with E-state index in [0.29, 0.717) is 6.42 Å². The molecule has 1 aromatic heterocycles. The second-order valence-electron chi connectivity index (χ2n) is 2.80. The number of hydrogen-bond donors (Lipinski definition) is 4. The van der Waals surface area contributed by atoms with Crippen LogP contribution < -0.4 is 11.1 Å². The maximum atomic E-state index is 11.3. The van der Waals surface area contributed by atoms with Crippen molar-refractivity contribution in [3.8, 4) is 0 Å². The van der Waals surface area contributed by atoms with E-state index in [-0.39, 0.29) is 24.7 Å². The lowest BCUT2D eigenvalue weighted by Gasteiger charge is -2.00. The van der Waals surface area contributed by atoms with Gasteiger partial charge in [-0.2, -0.15) is 4.98 Å². The standard InChI is InChI=1S/C7H11N5O3/c8-7-10-5(11-12-7)6(15)9-3-1-2-4(13)14/h1-3H2,(H,9,15)(H,13,14)(H3,8,10,11,12). The summed E-state index contributed by atoms with van der Waals surface area (Å²) >= 11 is 0. The molecule has 82 valence electrons. The predicted octanol–water partition coefficient (Wildman–Crippen LogP) is -1.02. The smallest absolute Gasteiger partial charge is 0.303 e. The van der Waals surface area contributed by atoms with Gasteiger partial charge in [-0.1, -0.05) is 0 Å². The molecule has 8 nitrogen and oxygen atoms in total. The summed E-state index contributed by atoms with van der Waals surface area (Å²) < 4.78 is 0. The van der Waals surface area contributed by atoms with E-state index in [2.05, 4.69) is 20.5 Å². The Kier molecular flexibility index (Phi) is 3.61. The average molecular weight is 213 g/mol. The van der Waals surface area contributed by atoms with Gasteiger partial charge in [-0.25, -0.2) is 0 Å². The number of carbonyl (C=O) groups excluding carboxylic acids is 1. The van der Waals surface area contributed by atoms with Crippen molar-refractivity contribution in [2.24, 2.45) is 0 Å². The zero-order valence-electron chi connectivity index (χ0n) is 7.86. The predicted molar refractivity (Wildman–Crippen MR) is 50.0 cm³/mol. The molecule has 0 saturated heterocycles. The van der Waals surface area contributed by atoms with E-state index in [1.807, 2.05) is 0 Å². The number of carboxylic acid groups (broad SMARTS) is 1. The van der Waals surface area contributed by atoms with Crippen molar-refractivity contribution in [3.05, 3.63) is 5.82 Å². The molecule has 8 heteroatoms. The van der Waals surface area contributed by atoms with Crippen molar-refractivity contribution in [1.29, 1.82) is 0 Å². The molecule has 1 heterocycles. The van der Waals surface area contributed by atoms with Crippen molar-refractivity contribution in [2.45, 2.75) is 12.8 Å². The second-order valence-corrected chi connectivity index (χ2v) is 2.80. The summed E-state index contributed by atoms with van der Waals surface area (Å²) in [6.07, 6.45) is 0.378. The lowest BCUT2D eigenvalue weighted by Crippen LogP contribution is -2.26. The van der Waals surface area contributed by atoms with Crippen LogP contribution in [0.15, 0.2) is 0 Å². The lowest BCUT2D eigenvalue weighted by molar-refractivity contribution is -0.137. The van der Waals surface area contributed by atoms with Crippen molar-refractivity contribution < 1.29 is 14.7 Å². The van der Waals surface area contributed by atoms with Crippen LogP contribution in [0.5, 0.6) is 0 Å². The van der Waals surface area contributed by atoms with Gasteiger partial charge in [-0.3, -0.25) is 14.7 Å². The zero-order chi connectivity index (χ0) is 11.3. The summed E-state index contributed by atoms with van der Waals surface area (Å²) in [5.41, 5.74) is 5.20. The number of nitrogen functional groups attached to an aromatic ring is 1. The van der Waals surface area contributed by atoms with Crippen LogP contribution in [0.2, 0.25) is 0 Å². The summed E-state index contributed by atoms with van der Waals surface area (Å²) in [4.78, 5) is 25.0. The monoisotopic (exact) mass is 213 g/mol. The molecule has 0 spiro atoms. The highest BCUT2D eigenvalue weighted by Gasteiger charge is 2.09. The van der Waals surface area contributed by atoms with Gasteiger partial charge in [0.25, 0.3) is 5.91 Å². The fraction of sp³-hybridized carbons (Fsp3) is 0.429. The first-order valence-electron chi connectivity index (χ1n) is 4.27. The second kappa shape index (κ2) is 4.94. The summed E-state index contributed by atoms with van der Waals surface area (Å²) in [5, 5.41) is 16.6. The van der Waals surface area contributed by atoms with Gasteiger partial charge < -0.3 is 16.2 Å². The quantitative estimate of drug-likeness (QED) is 0.462. The number of rotatable bonds is 5. The molecule has 0 fully saturated rings. The highest BCUT2D eigenvalue weighted by molar-refractivity contribution is 5.90. The van der Waals surface area contributed by atoms with Crippen LogP contribution in [-0.2, 0) is 4.79 Å². The van der Waals surface area contributed by atoms with Crippen molar-refractivity contribution in [1.82, 2.24) is 20.5 Å². The van der Waals surface area contributed by atoms with Crippen LogP contribution in [0.3, 0.4) is 0 Å². The van der Waals surface area contributed by atoms with Crippen molar-refractivity contribution >= 4 is 17.8 Å². The number of nitrogens with one attached hydrogen (secondary N) is 2. The number of H-pyrrole nitrogens is 1. The Bertz CT molecular complexity index is 361. The average Bonchev–Trinajstić information content (AvgIpc) is 2.59. The Balaban J connectivity index is 2.28. The lowest BCUT2D eigenvalue weighted by atomic mass is 10.3. The van der Waals surface area contributed by atoms with Crippen LogP contribution in [0, 0.1) is 0 Å². The minimum Gasteiger partial charge on any atom is -0.481 e. The molecule has 0 saturated carbocycles. The van der Waals surface area contributed by atoms with Gasteiger partial charge in [0.1, 0.15) is 0 Å². The molecular weight excluding hydrogens is 202 g/mol. The number of amides is 1. The van der Waals surface area contributed by atoms with Gasteiger partial charge >= 0.3 is 5.97 Å². The molecule has 0 bridgehead atoms. The first-order valence-corrected chi connectivity index (χ1v) is 4.27. The number of hydrogen-bond acceptors (Lipinski definition) is 5. The Morgan fingerprint density at radius 1 is 1.53 bits per heavy atom. The molecule has 1 rings (SSSR count). The van der Waals surface area contributed by atoms with Gasteiger partial charge in [0.05, 0.1) is 0 Å².